The Kier molecular flexibility index (Phi) is 4.94. The first-order valence-electron chi connectivity index (χ1n) is 10.7. The Morgan fingerprint density at radius 2 is 1.75 bits per heavy atom. The van der Waals surface area contributed by atoms with Gasteiger partial charge in [0.05, 0.1) is 0 Å². The van der Waals surface area contributed by atoms with Crippen LogP contribution in [0.4, 0.5) is 0 Å². The predicted molar refractivity (Wildman–Crippen MR) is 105 cm³/mol. The average molecular weight is 327 g/mol. The van der Waals surface area contributed by atoms with Crippen LogP contribution in [0.3, 0.4) is 0 Å². The van der Waals surface area contributed by atoms with E-state index in [0.29, 0.717) is 16.7 Å². The van der Waals surface area contributed by atoms with Gasteiger partial charge in [-0.25, -0.2) is 0 Å². The molecule has 0 heteroatoms. The fourth-order valence-electron chi connectivity index (χ4n) is 7.17. The van der Waals surface area contributed by atoms with Crippen molar-refractivity contribution in [3.63, 3.8) is 0 Å². The van der Waals surface area contributed by atoms with Gasteiger partial charge in [0.2, 0.25) is 0 Å². The van der Waals surface area contributed by atoms with Crippen molar-refractivity contribution in [3.8, 4) is 12.3 Å². The molecule has 4 rings (SSSR count). The van der Waals surface area contributed by atoms with Crippen LogP contribution in [0.5, 0.6) is 0 Å². The minimum atomic E-state index is 0.454. The number of fused-ring (bicyclic) bond motifs is 5. The van der Waals surface area contributed by atoms with Crippen LogP contribution in [0.15, 0.2) is 11.6 Å². The van der Waals surface area contributed by atoms with Crippen LogP contribution in [0.25, 0.3) is 0 Å². The maximum Gasteiger partial charge on any atom is 0.0256 e. The van der Waals surface area contributed by atoms with Crippen molar-refractivity contribution in [1.29, 1.82) is 0 Å². The van der Waals surface area contributed by atoms with Crippen LogP contribution < -0.4 is 0 Å². The number of allylic oxidation sites excluding steroid dienone is 2. The van der Waals surface area contributed by atoms with Gasteiger partial charge in [0.25, 0.3) is 0 Å². The average Bonchev–Trinajstić information content (AvgIpc) is 2.93. The first-order valence-corrected chi connectivity index (χ1v) is 10.7. The highest BCUT2D eigenvalue weighted by molar-refractivity contribution is 5.25. The van der Waals surface area contributed by atoms with E-state index in [1.165, 1.54) is 51.4 Å². The molecule has 0 amide bonds. The summed E-state index contributed by atoms with van der Waals surface area (Å²) in [6.07, 6.45) is 19.7. The molecular formula is C24H38. The number of rotatable bonds is 0. The highest BCUT2D eigenvalue weighted by atomic mass is 14.6. The van der Waals surface area contributed by atoms with Gasteiger partial charge in [0.15, 0.2) is 0 Å². The summed E-state index contributed by atoms with van der Waals surface area (Å²) >= 11 is 0. The summed E-state index contributed by atoms with van der Waals surface area (Å²) in [5, 5.41) is 0. The zero-order valence-corrected chi connectivity index (χ0v) is 16.7. The molecular weight excluding hydrogens is 288 g/mol. The molecule has 0 bridgehead atoms. The van der Waals surface area contributed by atoms with Crippen LogP contribution in [0.1, 0.15) is 86.0 Å². The van der Waals surface area contributed by atoms with Crippen molar-refractivity contribution in [1.82, 2.24) is 0 Å². The SMILES string of the molecule is C#C[C@H]1CCC2C3CCC4=C[C@@H](C)CCC4(C)C3CCC21C.CC. The highest BCUT2D eigenvalue weighted by Gasteiger charge is 2.58. The van der Waals surface area contributed by atoms with Gasteiger partial charge in [0, 0.05) is 5.92 Å². The lowest BCUT2D eigenvalue weighted by Gasteiger charge is -2.58. The van der Waals surface area contributed by atoms with Crippen molar-refractivity contribution in [2.24, 2.45) is 40.4 Å². The maximum absolute atomic E-state index is 5.88. The largest absolute Gasteiger partial charge is 0.120 e. The molecule has 0 nitrogen and oxygen atoms in total. The number of hydrogen-bond donors (Lipinski definition) is 0. The summed E-state index contributed by atoms with van der Waals surface area (Å²) in [7, 11) is 0. The molecule has 0 spiro atoms. The second kappa shape index (κ2) is 6.55. The molecule has 3 saturated carbocycles. The summed E-state index contributed by atoms with van der Waals surface area (Å²) in [5.74, 6) is 7.32. The third-order valence-electron chi connectivity index (χ3n) is 8.54. The van der Waals surface area contributed by atoms with Gasteiger partial charge < -0.3 is 0 Å². The Bertz CT molecular complexity index is 535. The van der Waals surface area contributed by atoms with E-state index >= 15 is 0 Å². The summed E-state index contributed by atoms with van der Waals surface area (Å²) in [4.78, 5) is 0. The van der Waals surface area contributed by atoms with Crippen molar-refractivity contribution in [3.05, 3.63) is 11.6 Å². The molecule has 0 N–H and O–H groups in total. The van der Waals surface area contributed by atoms with Crippen molar-refractivity contribution < 1.29 is 0 Å². The van der Waals surface area contributed by atoms with E-state index in [-0.39, 0.29) is 0 Å². The van der Waals surface area contributed by atoms with Crippen LogP contribution >= 0.6 is 0 Å². The number of terminal acetylenes is 1. The van der Waals surface area contributed by atoms with E-state index in [9.17, 15) is 0 Å². The molecule has 4 aliphatic rings. The van der Waals surface area contributed by atoms with Gasteiger partial charge in [-0.15, -0.1) is 12.3 Å². The summed E-state index contributed by atoms with van der Waals surface area (Å²) in [6.45, 7) is 11.5. The molecule has 0 aromatic carbocycles. The molecule has 0 aliphatic heterocycles. The highest BCUT2D eigenvalue weighted by Crippen LogP contribution is 2.66. The minimum absolute atomic E-state index is 0.454. The Balaban J connectivity index is 0.000000815. The van der Waals surface area contributed by atoms with Crippen molar-refractivity contribution in [2.75, 3.05) is 0 Å². The molecule has 5 unspecified atom stereocenters. The molecule has 134 valence electrons. The number of hydrogen-bond acceptors (Lipinski definition) is 0. The maximum atomic E-state index is 5.88. The summed E-state index contributed by atoms with van der Waals surface area (Å²) < 4.78 is 0. The Hall–Kier alpha value is -0.700. The molecule has 24 heavy (non-hydrogen) atoms. The van der Waals surface area contributed by atoms with E-state index in [1.807, 2.05) is 19.4 Å². The standard InChI is InChI=1S/C22H32.C2H6/c1-5-16-7-9-19-18-8-6-17-14-15(2)10-12-22(17,4)20(18)11-13-21(16,19)3;1-2/h1,14-16,18-20H,6-13H2,2-4H3;1-2H3/t15-,16-,18?,19?,20?,21?,22?;/m0./s1. The summed E-state index contributed by atoms with van der Waals surface area (Å²) in [6, 6.07) is 0. The predicted octanol–water partition coefficient (Wildman–Crippen LogP) is 6.86. The second-order valence-corrected chi connectivity index (χ2v) is 9.38. The van der Waals surface area contributed by atoms with E-state index < -0.39 is 0 Å². The molecule has 0 heterocycles. The fourth-order valence-corrected chi connectivity index (χ4v) is 7.17. The minimum Gasteiger partial charge on any atom is -0.120 e. The van der Waals surface area contributed by atoms with E-state index in [1.54, 1.807) is 0 Å². The quantitative estimate of drug-likeness (QED) is 0.337. The van der Waals surface area contributed by atoms with Gasteiger partial charge >= 0.3 is 0 Å². The van der Waals surface area contributed by atoms with E-state index in [0.717, 1.165) is 23.7 Å². The lowest BCUT2D eigenvalue weighted by atomic mass is 9.46. The summed E-state index contributed by atoms with van der Waals surface area (Å²) in [5.41, 5.74) is 2.79. The van der Waals surface area contributed by atoms with Gasteiger partial charge in [0.1, 0.15) is 0 Å². The zero-order chi connectivity index (χ0) is 17.5. The van der Waals surface area contributed by atoms with Crippen LogP contribution in [0, 0.1) is 52.8 Å². The van der Waals surface area contributed by atoms with Crippen LogP contribution in [-0.2, 0) is 0 Å². The van der Waals surface area contributed by atoms with E-state index in [4.69, 9.17) is 6.42 Å². The second-order valence-electron chi connectivity index (χ2n) is 9.38. The molecule has 0 radical (unpaired) electrons. The zero-order valence-electron chi connectivity index (χ0n) is 16.7. The molecule has 0 saturated heterocycles. The molecule has 0 aromatic rings. The van der Waals surface area contributed by atoms with Gasteiger partial charge in [-0.2, -0.15) is 0 Å². The van der Waals surface area contributed by atoms with E-state index in [2.05, 4.69) is 32.8 Å². The first-order chi connectivity index (χ1) is 11.5. The third-order valence-corrected chi connectivity index (χ3v) is 8.54. The lowest BCUT2D eigenvalue weighted by molar-refractivity contribution is -0.0455. The monoisotopic (exact) mass is 326 g/mol. The smallest absolute Gasteiger partial charge is 0.0256 e. The van der Waals surface area contributed by atoms with Gasteiger partial charge in [-0.05, 0) is 85.9 Å². The molecule has 7 atom stereocenters. The van der Waals surface area contributed by atoms with Crippen LogP contribution in [0.2, 0.25) is 0 Å². The fraction of sp³-hybridized carbons (Fsp3) is 0.833. The topological polar surface area (TPSA) is 0 Å². The lowest BCUT2D eigenvalue weighted by Crippen LogP contribution is -2.50. The third kappa shape index (κ3) is 2.50. The van der Waals surface area contributed by atoms with Gasteiger partial charge in [-0.3, -0.25) is 0 Å². The Labute approximate surface area is 150 Å². The van der Waals surface area contributed by atoms with Crippen LogP contribution in [-0.4, -0.2) is 0 Å². The first kappa shape index (κ1) is 18.1. The Morgan fingerprint density at radius 1 is 1.00 bits per heavy atom. The van der Waals surface area contributed by atoms with Crippen molar-refractivity contribution >= 4 is 0 Å². The molecule has 4 aliphatic carbocycles. The van der Waals surface area contributed by atoms with Gasteiger partial charge in [-0.1, -0.05) is 46.3 Å². The van der Waals surface area contributed by atoms with Crippen molar-refractivity contribution in [2.45, 2.75) is 86.0 Å². The molecule has 3 fully saturated rings. The Morgan fingerprint density at radius 3 is 2.46 bits per heavy atom. The normalized spacial score (nSPS) is 49.5. The molecule has 0 aromatic heterocycles.